The van der Waals surface area contributed by atoms with Crippen molar-refractivity contribution >= 4 is 28.3 Å². The maximum atomic E-state index is 12.1. The number of anilines is 1. The lowest BCUT2D eigenvalue weighted by atomic mass is 10.1. The molecule has 5 heteroatoms. The molecule has 3 aromatic carbocycles. The molecule has 0 fully saturated rings. The van der Waals surface area contributed by atoms with Crippen molar-refractivity contribution in [1.82, 2.24) is 0 Å². The normalized spacial score (nSPS) is 10.3. The molecule has 0 aromatic heterocycles. The van der Waals surface area contributed by atoms with Crippen molar-refractivity contribution in [3.8, 4) is 11.5 Å². The van der Waals surface area contributed by atoms with Gasteiger partial charge < -0.3 is 14.8 Å². The Hall–Kier alpha value is -3.34. The monoisotopic (exact) mass is 335 g/mol. The van der Waals surface area contributed by atoms with Crippen molar-refractivity contribution in [3.05, 3.63) is 66.7 Å². The van der Waals surface area contributed by atoms with Crippen molar-refractivity contribution in [1.29, 1.82) is 0 Å². The standard InChI is InChI=1S/C20H17NO4/c1-14(22)25-17-9-5-8-16(12-17)21-20(23)13-24-19-11-4-7-15-6-2-3-10-18(15)19/h2-12H,13H2,1H3,(H,21,23). The first-order chi connectivity index (χ1) is 12.1. The quantitative estimate of drug-likeness (QED) is 0.569. The molecule has 1 amide bonds. The molecule has 5 nitrogen and oxygen atoms in total. The van der Waals surface area contributed by atoms with E-state index in [0.717, 1.165) is 10.8 Å². The van der Waals surface area contributed by atoms with Gasteiger partial charge in [-0.3, -0.25) is 9.59 Å². The fraction of sp³-hybridized carbons (Fsp3) is 0.100. The summed E-state index contributed by atoms with van der Waals surface area (Å²) in [6, 6.07) is 20.2. The maximum Gasteiger partial charge on any atom is 0.308 e. The SMILES string of the molecule is CC(=O)Oc1cccc(NC(=O)COc2cccc3ccccc23)c1. The Morgan fingerprint density at radius 1 is 0.960 bits per heavy atom. The zero-order valence-electron chi connectivity index (χ0n) is 13.7. The van der Waals surface area contributed by atoms with Crippen molar-refractivity contribution in [2.75, 3.05) is 11.9 Å². The molecule has 3 rings (SSSR count). The van der Waals surface area contributed by atoms with Crippen LogP contribution in [0.2, 0.25) is 0 Å². The van der Waals surface area contributed by atoms with Crippen LogP contribution in [-0.2, 0) is 9.59 Å². The minimum atomic E-state index is -0.414. The third-order valence-electron chi connectivity index (χ3n) is 3.49. The molecule has 0 saturated heterocycles. The minimum Gasteiger partial charge on any atom is -0.483 e. The summed E-state index contributed by atoms with van der Waals surface area (Å²) in [7, 11) is 0. The molecule has 0 aliphatic rings. The Balaban J connectivity index is 1.64. The van der Waals surface area contributed by atoms with Gasteiger partial charge in [-0.15, -0.1) is 0 Å². The molecule has 3 aromatic rings. The van der Waals surface area contributed by atoms with Crippen LogP contribution in [0.25, 0.3) is 10.8 Å². The van der Waals surface area contributed by atoms with Crippen molar-refractivity contribution in [2.24, 2.45) is 0 Å². The predicted octanol–water partition coefficient (Wildman–Crippen LogP) is 3.78. The van der Waals surface area contributed by atoms with Crippen LogP contribution in [0.1, 0.15) is 6.92 Å². The van der Waals surface area contributed by atoms with E-state index < -0.39 is 5.97 Å². The average molecular weight is 335 g/mol. The molecule has 0 heterocycles. The highest BCUT2D eigenvalue weighted by Crippen LogP contribution is 2.25. The number of nitrogens with one attached hydrogen (secondary N) is 1. The van der Waals surface area contributed by atoms with Crippen molar-refractivity contribution in [3.63, 3.8) is 0 Å². The van der Waals surface area contributed by atoms with Crippen molar-refractivity contribution < 1.29 is 19.1 Å². The predicted molar refractivity (Wildman–Crippen MR) is 95.8 cm³/mol. The fourth-order valence-electron chi connectivity index (χ4n) is 2.47. The van der Waals surface area contributed by atoms with Crippen LogP contribution in [0, 0.1) is 0 Å². The number of rotatable bonds is 5. The molecule has 0 bridgehead atoms. The number of benzene rings is 3. The number of esters is 1. The summed E-state index contributed by atoms with van der Waals surface area (Å²) >= 11 is 0. The van der Waals surface area contributed by atoms with E-state index in [9.17, 15) is 9.59 Å². The number of ether oxygens (including phenoxy) is 2. The highest BCUT2D eigenvalue weighted by atomic mass is 16.5. The Labute approximate surface area is 145 Å². The van der Waals surface area contributed by atoms with Gasteiger partial charge in [0.2, 0.25) is 0 Å². The highest BCUT2D eigenvalue weighted by molar-refractivity contribution is 5.93. The number of hydrogen-bond acceptors (Lipinski definition) is 4. The van der Waals surface area contributed by atoms with E-state index in [0.29, 0.717) is 17.2 Å². The van der Waals surface area contributed by atoms with Gasteiger partial charge in [0.15, 0.2) is 6.61 Å². The first-order valence-corrected chi connectivity index (χ1v) is 7.81. The maximum absolute atomic E-state index is 12.1. The zero-order valence-corrected chi connectivity index (χ0v) is 13.7. The Bertz CT molecular complexity index is 915. The van der Waals surface area contributed by atoms with Gasteiger partial charge in [-0.25, -0.2) is 0 Å². The number of carbonyl (C=O) groups excluding carboxylic acids is 2. The van der Waals surface area contributed by atoms with Crippen LogP contribution in [0.15, 0.2) is 66.7 Å². The third kappa shape index (κ3) is 4.35. The van der Waals surface area contributed by atoms with Gasteiger partial charge in [0.25, 0.3) is 5.91 Å². The van der Waals surface area contributed by atoms with Gasteiger partial charge in [-0.05, 0) is 23.6 Å². The second-order valence-corrected chi connectivity index (χ2v) is 5.44. The second kappa shape index (κ2) is 7.49. The van der Waals surface area contributed by atoms with Crippen LogP contribution in [0.3, 0.4) is 0 Å². The topological polar surface area (TPSA) is 64.6 Å². The molecule has 0 aliphatic carbocycles. The number of carbonyl (C=O) groups is 2. The molecule has 0 unspecified atom stereocenters. The molecule has 1 N–H and O–H groups in total. The smallest absolute Gasteiger partial charge is 0.308 e. The Morgan fingerprint density at radius 2 is 1.72 bits per heavy atom. The fourth-order valence-corrected chi connectivity index (χ4v) is 2.47. The van der Waals surface area contributed by atoms with Crippen LogP contribution in [-0.4, -0.2) is 18.5 Å². The number of amides is 1. The van der Waals surface area contributed by atoms with E-state index in [1.807, 2.05) is 42.5 Å². The highest BCUT2D eigenvalue weighted by Gasteiger charge is 2.07. The molecule has 0 atom stereocenters. The van der Waals surface area contributed by atoms with E-state index >= 15 is 0 Å². The summed E-state index contributed by atoms with van der Waals surface area (Å²) in [5.74, 6) is 0.317. The summed E-state index contributed by atoms with van der Waals surface area (Å²) in [5, 5.41) is 4.72. The van der Waals surface area contributed by atoms with Gasteiger partial charge in [-0.1, -0.05) is 42.5 Å². The van der Waals surface area contributed by atoms with E-state index in [2.05, 4.69) is 5.32 Å². The number of hydrogen-bond donors (Lipinski definition) is 1. The summed E-state index contributed by atoms with van der Waals surface area (Å²) < 4.78 is 10.6. The van der Waals surface area contributed by atoms with Gasteiger partial charge >= 0.3 is 5.97 Å². The second-order valence-electron chi connectivity index (χ2n) is 5.44. The molecule has 0 aliphatic heterocycles. The van der Waals surface area contributed by atoms with E-state index in [1.165, 1.54) is 6.92 Å². The average Bonchev–Trinajstić information content (AvgIpc) is 2.59. The minimum absolute atomic E-state index is 0.119. The third-order valence-corrected chi connectivity index (χ3v) is 3.49. The molecule has 0 radical (unpaired) electrons. The van der Waals surface area contributed by atoms with Gasteiger partial charge in [0, 0.05) is 24.1 Å². The summed E-state index contributed by atoms with van der Waals surface area (Å²) in [5.41, 5.74) is 0.533. The van der Waals surface area contributed by atoms with Crippen LogP contribution < -0.4 is 14.8 Å². The van der Waals surface area contributed by atoms with Crippen LogP contribution in [0.5, 0.6) is 11.5 Å². The van der Waals surface area contributed by atoms with Gasteiger partial charge in [0.05, 0.1) is 0 Å². The van der Waals surface area contributed by atoms with Crippen LogP contribution >= 0.6 is 0 Å². The molecule has 25 heavy (non-hydrogen) atoms. The molecule has 0 spiro atoms. The first kappa shape index (κ1) is 16.5. The molecular weight excluding hydrogens is 318 g/mol. The van der Waals surface area contributed by atoms with Crippen molar-refractivity contribution in [2.45, 2.75) is 6.92 Å². The first-order valence-electron chi connectivity index (χ1n) is 7.81. The lowest BCUT2D eigenvalue weighted by molar-refractivity contribution is -0.131. The largest absolute Gasteiger partial charge is 0.483 e. The summed E-state index contributed by atoms with van der Waals surface area (Å²) in [6.45, 7) is 1.20. The molecular formula is C20H17NO4. The van der Waals surface area contributed by atoms with Gasteiger partial charge in [-0.2, -0.15) is 0 Å². The van der Waals surface area contributed by atoms with Gasteiger partial charge in [0.1, 0.15) is 11.5 Å². The Kier molecular flexibility index (Phi) is 4.95. The van der Waals surface area contributed by atoms with Crippen LogP contribution in [0.4, 0.5) is 5.69 Å². The van der Waals surface area contributed by atoms with E-state index in [-0.39, 0.29) is 12.5 Å². The van der Waals surface area contributed by atoms with E-state index in [4.69, 9.17) is 9.47 Å². The number of fused-ring (bicyclic) bond motifs is 1. The summed E-state index contributed by atoms with van der Waals surface area (Å²) in [4.78, 5) is 23.1. The molecule has 0 saturated carbocycles. The lowest BCUT2D eigenvalue weighted by Gasteiger charge is -2.10. The zero-order chi connectivity index (χ0) is 17.6. The lowest BCUT2D eigenvalue weighted by Crippen LogP contribution is -2.20. The van der Waals surface area contributed by atoms with E-state index in [1.54, 1.807) is 24.3 Å². The molecule has 126 valence electrons. The summed E-state index contributed by atoms with van der Waals surface area (Å²) in [6.07, 6.45) is 0. The Morgan fingerprint density at radius 3 is 2.56 bits per heavy atom.